The van der Waals surface area contributed by atoms with Crippen LogP contribution in [0, 0.1) is 17.8 Å². The van der Waals surface area contributed by atoms with Crippen LogP contribution in [0.1, 0.15) is 44.5 Å². The van der Waals surface area contributed by atoms with Crippen LogP contribution in [-0.2, 0) is 6.42 Å². The molecule has 0 atom stereocenters. The Hall–Kier alpha value is -0.640. The minimum atomic E-state index is 0.665. The van der Waals surface area contributed by atoms with Gasteiger partial charge in [-0.3, -0.25) is 0 Å². The Kier molecular flexibility index (Phi) is 3.07. The van der Waals surface area contributed by atoms with E-state index < -0.39 is 0 Å². The second kappa shape index (κ2) is 4.56. The van der Waals surface area contributed by atoms with Gasteiger partial charge in [0.15, 0.2) is 0 Å². The number of nitrogens with one attached hydrogen (secondary N) is 1. The normalized spacial score (nSPS) is 20.2. The van der Waals surface area contributed by atoms with Crippen LogP contribution >= 0.6 is 11.3 Å². The van der Waals surface area contributed by atoms with Gasteiger partial charge in [0.05, 0.1) is 0 Å². The lowest BCUT2D eigenvalue weighted by Crippen LogP contribution is -2.24. The molecule has 1 N–H and O–H groups in total. The summed E-state index contributed by atoms with van der Waals surface area (Å²) in [7, 11) is 0. The van der Waals surface area contributed by atoms with E-state index in [1.165, 1.54) is 30.7 Å². The van der Waals surface area contributed by atoms with E-state index in [4.69, 9.17) is 0 Å². The van der Waals surface area contributed by atoms with Crippen molar-refractivity contribution in [1.29, 1.82) is 0 Å². The maximum atomic E-state index is 4.29. The zero-order valence-electron chi connectivity index (χ0n) is 10.6. The molecule has 0 saturated heterocycles. The molecule has 0 unspecified atom stereocenters. The molecular formula is C13H21N3S. The van der Waals surface area contributed by atoms with Crippen LogP contribution in [0.15, 0.2) is 0 Å². The van der Waals surface area contributed by atoms with Gasteiger partial charge in [-0.25, -0.2) is 0 Å². The highest BCUT2D eigenvalue weighted by Gasteiger charge is 2.41. The van der Waals surface area contributed by atoms with Gasteiger partial charge in [-0.15, -0.1) is 10.2 Å². The topological polar surface area (TPSA) is 37.8 Å². The standard InChI is InChI=1S/C13H21N3S/c1-8(2)7-11-15-16-13(17-11)14-12(9-3-4-9)10-5-6-10/h8-10,12H,3-7H2,1-2H3,(H,14,16). The Bertz CT molecular complexity index is 368. The summed E-state index contributed by atoms with van der Waals surface area (Å²) in [5.41, 5.74) is 0. The number of hydrogen-bond acceptors (Lipinski definition) is 4. The minimum Gasteiger partial charge on any atom is -0.357 e. The summed E-state index contributed by atoms with van der Waals surface area (Å²) in [5, 5.41) is 14.4. The molecule has 4 heteroatoms. The average Bonchev–Trinajstić information content (AvgIpc) is 3.16. The third kappa shape index (κ3) is 2.97. The molecule has 0 amide bonds. The molecule has 1 heterocycles. The van der Waals surface area contributed by atoms with Crippen molar-refractivity contribution in [2.24, 2.45) is 17.8 Å². The Morgan fingerprint density at radius 3 is 2.35 bits per heavy atom. The summed E-state index contributed by atoms with van der Waals surface area (Å²) in [4.78, 5) is 0. The highest BCUT2D eigenvalue weighted by atomic mass is 32.1. The van der Waals surface area contributed by atoms with Gasteiger partial charge in [0.1, 0.15) is 5.01 Å². The molecule has 0 spiro atoms. The van der Waals surface area contributed by atoms with E-state index in [9.17, 15) is 0 Å². The first-order valence-electron chi connectivity index (χ1n) is 6.81. The van der Waals surface area contributed by atoms with Crippen molar-refractivity contribution in [1.82, 2.24) is 10.2 Å². The fraction of sp³-hybridized carbons (Fsp3) is 0.846. The monoisotopic (exact) mass is 251 g/mol. The first-order valence-corrected chi connectivity index (χ1v) is 7.63. The van der Waals surface area contributed by atoms with Crippen LogP contribution in [0.3, 0.4) is 0 Å². The molecule has 2 aliphatic rings. The molecule has 94 valence electrons. The number of rotatable bonds is 6. The molecule has 3 rings (SSSR count). The predicted molar refractivity (Wildman–Crippen MR) is 71.3 cm³/mol. The summed E-state index contributed by atoms with van der Waals surface area (Å²) in [6.07, 6.45) is 6.69. The smallest absolute Gasteiger partial charge is 0.205 e. The summed E-state index contributed by atoms with van der Waals surface area (Å²) in [6.45, 7) is 4.46. The predicted octanol–water partition coefficient (Wildman–Crippen LogP) is 3.34. The number of nitrogens with zero attached hydrogens (tertiary/aromatic N) is 2. The van der Waals surface area contributed by atoms with Gasteiger partial charge in [0.25, 0.3) is 0 Å². The van der Waals surface area contributed by atoms with Gasteiger partial charge < -0.3 is 5.32 Å². The SMILES string of the molecule is CC(C)Cc1nnc(NC(C2CC2)C2CC2)s1. The lowest BCUT2D eigenvalue weighted by atomic mass is 10.1. The molecule has 1 aromatic heterocycles. The van der Waals surface area contributed by atoms with Crippen LogP contribution in [0.5, 0.6) is 0 Å². The fourth-order valence-corrected chi connectivity index (χ4v) is 3.42. The molecule has 2 fully saturated rings. The number of hydrogen-bond donors (Lipinski definition) is 1. The van der Waals surface area contributed by atoms with E-state index in [-0.39, 0.29) is 0 Å². The van der Waals surface area contributed by atoms with Crippen LogP contribution < -0.4 is 5.32 Å². The number of aromatic nitrogens is 2. The Balaban J connectivity index is 1.61. The Labute approximate surface area is 107 Å². The van der Waals surface area contributed by atoms with Gasteiger partial charge in [-0.2, -0.15) is 0 Å². The summed E-state index contributed by atoms with van der Waals surface area (Å²) in [5.74, 6) is 2.50. The molecule has 17 heavy (non-hydrogen) atoms. The molecular weight excluding hydrogens is 230 g/mol. The van der Waals surface area contributed by atoms with Crippen molar-refractivity contribution in [3.63, 3.8) is 0 Å². The molecule has 2 saturated carbocycles. The Morgan fingerprint density at radius 2 is 1.82 bits per heavy atom. The van der Waals surface area contributed by atoms with Crippen molar-refractivity contribution in [3.8, 4) is 0 Å². The second-order valence-corrected chi connectivity index (χ2v) is 7.01. The quantitative estimate of drug-likeness (QED) is 0.842. The molecule has 0 bridgehead atoms. The third-order valence-corrected chi connectivity index (χ3v) is 4.48. The van der Waals surface area contributed by atoms with Gasteiger partial charge >= 0.3 is 0 Å². The van der Waals surface area contributed by atoms with Crippen LogP contribution in [0.4, 0.5) is 5.13 Å². The maximum absolute atomic E-state index is 4.29. The maximum Gasteiger partial charge on any atom is 0.205 e. The largest absolute Gasteiger partial charge is 0.357 e. The van der Waals surface area contributed by atoms with Crippen molar-refractivity contribution < 1.29 is 0 Å². The second-order valence-electron chi connectivity index (χ2n) is 5.94. The summed E-state index contributed by atoms with van der Waals surface area (Å²) >= 11 is 1.75. The third-order valence-electron chi connectivity index (χ3n) is 3.60. The van der Waals surface area contributed by atoms with Gasteiger partial charge in [-0.1, -0.05) is 25.2 Å². The van der Waals surface area contributed by atoms with Crippen LogP contribution in [0.2, 0.25) is 0 Å². The zero-order valence-corrected chi connectivity index (χ0v) is 11.5. The van der Waals surface area contributed by atoms with Crippen molar-refractivity contribution in [2.75, 3.05) is 5.32 Å². The van der Waals surface area contributed by atoms with E-state index in [0.717, 1.165) is 23.4 Å². The molecule has 0 aromatic carbocycles. The van der Waals surface area contributed by atoms with Gasteiger partial charge in [-0.05, 0) is 43.4 Å². The van der Waals surface area contributed by atoms with E-state index in [1.54, 1.807) is 11.3 Å². The lowest BCUT2D eigenvalue weighted by molar-refractivity contribution is 0.566. The molecule has 0 aliphatic heterocycles. The number of anilines is 1. The average molecular weight is 251 g/mol. The summed E-state index contributed by atoms with van der Waals surface area (Å²) < 4.78 is 0. The summed E-state index contributed by atoms with van der Waals surface area (Å²) in [6, 6.07) is 0.690. The van der Waals surface area contributed by atoms with Crippen molar-refractivity contribution >= 4 is 16.5 Å². The highest BCUT2D eigenvalue weighted by Crippen LogP contribution is 2.46. The molecule has 1 aromatic rings. The van der Waals surface area contributed by atoms with Crippen LogP contribution in [-0.4, -0.2) is 16.2 Å². The first kappa shape index (κ1) is 11.5. The van der Waals surface area contributed by atoms with E-state index in [0.29, 0.717) is 12.0 Å². The van der Waals surface area contributed by atoms with Gasteiger partial charge in [0, 0.05) is 12.5 Å². The highest BCUT2D eigenvalue weighted by molar-refractivity contribution is 7.15. The molecule has 2 aliphatic carbocycles. The lowest BCUT2D eigenvalue weighted by Gasteiger charge is -2.15. The first-order chi connectivity index (χ1) is 8.22. The zero-order chi connectivity index (χ0) is 11.8. The fourth-order valence-electron chi connectivity index (χ4n) is 2.42. The van der Waals surface area contributed by atoms with Crippen LogP contribution in [0.25, 0.3) is 0 Å². The Morgan fingerprint density at radius 1 is 1.18 bits per heavy atom. The van der Waals surface area contributed by atoms with E-state index in [2.05, 4.69) is 29.4 Å². The molecule has 3 nitrogen and oxygen atoms in total. The molecule has 0 radical (unpaired) electrons. The van der Waals surface area contributed by atoms with E-state index >= 15 is 0 Å². The van der Waals surface area contributed by atoms with E-state index in [1.807, 2.05) is 0 Å². The van der Waals surface area contributed by atoms with Gasteiger partial charge in [0.2, 0.25) is 5.13 Å². The van der Waals surface area contributed by atoms with Crippen molar-refractivity contribution in [2.45, 2.75) is 52.0 Å². The van der Waals surface area contributed by atoms with Crippen molar-refractivity contribution in [3.05, 3.63) is 5.01 Å². The minimum absolute atomic E-state index is 0.665.